The molecule has 0 aliphatic carbocycles. The standard InChI is InChI=1S/C18H16BrNO3/c1-11-15(9-18(22)23)16-8-14(21)6-7-17(16)20(11)10-12-2-4-13(19)5-3-12/h2-8,21H,9-10H2,1H3,(H,22,23). The summed E-state index contributed by atoms with van der Waals surface area (Å²) in [5.74, 6) is -0.732. The number of phenols is 1. The van der Waals surface area contributed by atoms with Crippen molar-refractivity contribution in [3.05, 3.63) is 63.8 Å². The van der Waals surface area contributed by atoms with Crippen LogP contribution in [0.25, 0.3) is 10.9 Å². The van der Waals surface area contributed by atoms with Crippen molar-refractivity contribution < 1.29 is 15.0 Å². The molecule has 118 valence electrons. The molecule has 23 heavy (non-hydrogen) atoms. The summed E-state index contributed by atoms with van der Waals surface area (Å²) in [6, 6.07) is 13.1. The number of halogens is 1. The van der Waals surface area contributed by atoms with Crippen LogP contribution in [0.5, 0.6) is 5.75 Å². The van der Waals surface area contributed by atoms with Crippen molar-refractivity contribution in [2.45, 2.75) is 19.9 Å². The first-order valence-corrected chi connectivity index (χ1v) is 8.02. The number of fused-ring (bicyclic) bond motifs is 1. The molecular weight excluding hydrogens is 358 g/mol. The summed E-state index contributed by atoms with van der Waals surface area (Å²) >= 11 is 3.42. The smallest absolute Gasteiger partial charge is 0.307 e. The summed E-state index contributed by atoms with van der Waals surface area (Å²) < 4.78 is 3.11. The largest absolute Gasteiger partial charge is 0.508 e. The summed E-state index contributed by atoms with van der Waals surface area (Å²) in [6.45, 7) is 2.58. The van der Waals surface area contributed by atoms with E-state index in [1.54, 1.807) is 12.1 Å². The lowest BCUT2D eigenvalue weighted by Crippen LogP contribution is -2.05. The predicted molar refractivity (Wildman–Crippen MR) is 92.9 cm³/mol. The first-order valence-electron chi connectivity index (χ1n) is 7.22. The number of rotatable bonds is 4. The molecule has 0 aliphatic rings. The van der Waals surface area contributed by atoms with E-state index in [4.69, 9.17) is 0 Å². The van der Waals surface area contributed by atoms with E-state index in [1.807, 2.05) is 37.3 Å². The normalized spacial score (nSPS) is 11.0. The third-order valence-corrected chi connectivity index (χ3v) is 4.55. The number of hydrogen-bond donors (Lipinski definition) is 2. The molecule has 1 heterocycles. The summed E-state index contributed by atoms with van der Waals surface area (Å²) in [5.41, 5.74) is 3.72. The van der Waals surface area contributed by atoms with Gasteiger partial charge in [-0.1, -0.05) is 28.1 Å². The number of aromatic hydroxyl groups is 1. The van der Waals surface area contributed by atoms with E-state index in [0.717, 1.165) is 32.2 Å². The van der Waals surface area contributed by atoms with Crippen molar-refractivity contribution in [3.63, 3.8) is 0 Å². The first-order chi connectivity index (χ1) is 11.0. The lowest BCUT2D eigenvalue weighted by molar-refractivity contribution is -0.136. The van der Waals surface area contributed by atoms with Crippen LogP contribution in [-0.4, -0.2) is 20.7 Å². The number of phenolic OH excluding ortho intramolecular Hbond substituents is 1. The number of hydrogen-bond acceptors (Lipinski definition) is 2. The highest BCUT2D eigenvalue weighted by molar-refractivity contribution is 9.10. The molecule has 0 amide bonds. The van der Waals surface area contributed by atoms with Crippen LogP contribution in [-0.2, 0) is 17.8 Å². The molecular formula is C18H16BrNO3. The highest BCUT2D eigenvalue weighted by Crippen LogP contribution is 2.30. The Hall–Kier alpha value is -2.27. The van der Waals surface area contributed by atoms with Gasteiger partial charge in [0.25, 0.3) is 0 Å². The van der Waals surface area contributed by atoms with E-state index < -0.39 is 5.97 Å². The van der Waals surface area contributed by atoms with Crippen LogP contribution in [0.3, 0.4) is 0 Å². The van der Waals surface area contributed by atoms with Gasteiger partial charge in [0.05, 0.1) is 6.42 Å². The molecule has 5 heteroatoms. The topological polar surface area (TPSA) is 62.5 Å². The lowest BCUT2D eigenvalue weighted by Gasteiger charge is -2.09. The van der Waals surface area contributed by atoms with E-state index in [2.05, 4.69) is 20.5 Å². The number of aromatic nitrogens is 1. The highest BCUT2D eigenvalue weighted by atomic mass is 79.9. The second-order valence-electron chi connectivity index (χ2n) is 5.55. The van der Waals surface area contributed by atoms with Crippen molar-refractivity contribution in [1.29, 1.82) is 0 Å². The van der Waals surface area contributed by atoms with E-state index in [0.29, 0.717) is 6.54 Å². The van der Waals surface area contributed by atoms with Gasteiger partial charge in [0, 0.05) is 27.6 Å². The average Bonchev–Trinajstić information content (AvgIpc) is 2.74. The summed E-state index contributed by atoms with van der Waals surface area (Å²) in [5, 5.41) is 19.7. The number of benzene rings is 2. The quantitative estimate of drug-likeness (QED) is 0.723. The molecule has 2 aromatic carbocycles. The van der Waals surface area contributed by atoms with Crippen LogP contribution >= 0.6 is 15.9 Å². The second-order valence-corrected chi connectivity index (χ2v) is 6.46. The zero-order chi connectivity index (χ0) is 16.6. The van der Waals surface area contributed by atoms with E-state index in [1.165, 1.54) is 0 Å². The van der Waals surface area contributed by atoms with E-state index in [-0.39, 0.29) is 12.2 Å². The monoisotopic (exact) mass is 373 g/mol. The molecule has 4 nitrogen and oxygen atoms in total. The molecule has 3 aromatic rings. The van der Waals surface area contributed by atoms with Crippen molar-refractivity contribution in [2.24, 2.45) is 0 Å². The SMILES string of the molecule is Cc1c(CC(=O)O)c2cc(O)ccc2n1Cc1ccc(Br)cc1. The first kappa shape index (κ1) is 15.6. The Kier molecular flexibility index (Phi) is 4.13. The lowest BCUT2D eigenvalue weighted by atomic mass is 10.1. The van der Waals surface area contributed by atoms with Gasteiger partial charge in [-0.05, 0) is 48.4 Å². The van der Waals surface area contributed by atoms with Crippen molar-refractivity contribution in [3.8, 4) is 5.75 Å². The molecule has 1 aromatic heterocycles. The van der Waals surface area contributed by atoms with Gasteiger partial charge in [0.15, 0.2) is 0 Å². The average molecular weight is 374 g/mol. The molecule has 0 aliphatic heterocycles. The Labute approximate surface area is 142 Å². The van der Waals surface area contributed by atoms with Gasteiger partial charge in [-0.25, -0.2) is 0 Å². The van der Waals surface area contributed by atoms with Gasteiger partial charge >= 0.3 is 5.97 Å². The van der Waals surface area contributed by atoms with Crippen LogP contribution < -0.4 is 0 Å². The van der Waals surface area contributed by atoms with Gasteiger partial charge in [-0.2, -0.15) is 0 Å². The van der Waals surface area contributed by atoms with Crippen molar-refractivity contribution in [2.75, 3.05) is 0 Å². The number of carboxylic acid groups (broad SMARTS) is 1. The predicted octanol–water partition coefficient (Wildman–Crippen LogP) is 4.09. The van der Waals surface area contributed by atoms with Gasteiger partial charge in [0.2, 0.25) is 0 Å². The van der Waals surface area contributed by atoms with Crippen molar-refractivity contribution >= 4 is 32.8 Å². The minimum Gasteiger partial charge on any atom is -0.508 e. The zero-order valence-electron chi connectivity index (χ0n) is 12.6. The van der Waals surface area contributed by atoms with Crippen molar-refractivity contribution in [1.82, 2.24) is 4.57 Å². The maximum absolute atomic E-state index is 11.2. The van der Waals surface area contributed by atoms with Gasteiger partial charge in [0.1, 0.15) is 5.75 Å². The molecule has 0 saturated carbocycles. The number of aliphatic carboxylic acids is 1. The summed E-state index contributed by atoms with van der Waals surface area (Å²) in [4.78, 5) is 11.2. The molecule has 0 fully saturated rings. The number of nitrogens with zero attached hydrogens (tertiary/aromatic N) is 1. The van der Waals surface area contributed by atoms with Gasteiger partial charge in [-0.15, -0.1) is 0 Å². The molecule has 0 bridgehead atoms. The number of carboxylic acids is 1. The van der Waals surface area contributed by atoms with Crippen LogP contribution in [0.15, 0.2) is 46.9 Å². The molecule has 0 atom stereocenters. The third-order valence-electron chi connectivity index (χ3n) is 4.02. The fourth-order valence-electron chi connectivity index (χ4n) is 2.89. The Bertz CT molecular complexity index is 881. The molecule has 0 saturated heterocycles. The summed E-state index contributed by atoms with van der Waals surface area (Å²) in [6.07, 6.45) is -0.0564. The zero-order valence-corrected chi connectivity index (χ0v) is 14.2. The third kappa shape index (κ3) is 3.10. The van der Waals surface area contributed by atoms with Gasteiger partial charge < -0.3 is 14.8 Å². The molecule has 3 rings (SSSR count). The Morgan fingerprint density at radius 2 is 1.87 bits per heavy atom. The fraction of sp³-hybridized carbons (Fsp3) is 0.167. The minimum absolute atomic E-state index is 0.0564. The molecule has 0 radical (unpaired) electrons. The second kappa shape index (κ2) is 6.08. The maximum Gasteiger partial charge on any atom is 0.307 e. The van der Waals surface area contributed by atoms with Crippen LogP contribution in [0.4, 0.5) is 0 Å². The van der Waals surface area contributed by atoms with E-state index in [9.17, 15) is 15.0 Å². The van der Waals surface area contributed by atoms with Gasteiger partial charge in [-0.3, -0.25) is 4.79 Å². The molecule has 2 N–H and O–H groups in total. The Balaban J connectivity index is 2.14. The fourth-order valence-corrected chi connectivity index (χ4v) is 3.15. The number of carbonyl (C=O) groups is 1. The Morgan fingerprint density at radius 3 is 2.52 bits per heavy atom. The Morgan fingerprint density at radius 1 is 1.17 bits per heavy atom. The van der Waals surface area contributed by atoms with Crippen LogP contribution in [0.1, 0.15) is 16.8 Å². The van der Waals surface area contributed by atoms with Crippen LogP contribution in [0.2, 0.25) is 0 Å². The molecule has 0 unspecified atom stereocenters. The summed E-state index contributed by atoms with van der Waals surface area (Å²) in [7, 11) is 0. The molecule has 0 spiro atoms. The van der Waals surface area contributed by atoms with Crippen LogP contribution in [0, 0.1) is 6.92 Å². The highest BCUT2D eigenvalue weighted by Gasteiger charge is 2.17. The van der Waals surface area contributed by atoms with E-state index >= 15 is 0 Å². The maximum atomic E-state index is 11.2. The minimum atomic E-state index is -0.876.